The van der Waals surface area contributed by atoms with Crippen molar-refractivity contribution in [3.05, 3.63) is 34.9 Å². The molecular formula is C17H24N2O5. The van der Waals surface area contributed by atoms with E-state index in [0.717, 1.165) is 0 Å². The molecule has 0 radical (unpaired) electrons. The molecule has 2 amide bonds. The molecule has 0 saturated heterocycles. The van der Waals surface area contributed by atoms with E-state index in [0.29, 0.717) is 30.6 Å². The number of aromatic carboxylic acids is 1. The quantitative estimate of drug-likeness (QED) is 0.628. The number of methoxy groups -OCH3 is 1. The topological polar surface area (TPSA) is 95.9 Å². The maximum Gasteiger partial charge on any atom is 0.336 e. The van der Waals surface area contributed by atoms with Crippen molar-refractivity contribution in [2.45, 2.75) is 32.9 Å². The second-order valence-electron chi connectivity index (χ2n) is 6.25. The highest BCUT2D eigenvalue weighted by Crippen LogP contribution is 2.25. The van der Waals surface area contributed by atoms with Gasteiger partial charge in [-0.2, -0.15) is 0 Å². The van der Waals surface area contributed by atoms with Gasteiger partial charge in [0.2, 0.25) is 6.41 Å². The largest absolute Gasteiger partial charge is 0.478 e. The van der Waals surface area contributed by atoms with Crippen LogP contribution in [0.25, 0.3) is 0 Å². The van der Waals surface area contributed by atoms with Gasteiger partial charge in [0, 0.05) is 32.3 Å². The Morgan fingerprint density at radius 2 is 2.04 bits per heavy atom. The van der Waals surface area contributed by atoms with Crippen LogP contribution in [0.4, 0.5) is 0 Å². The van der Waals surface area contributed by atoms with Crippen LogP contribution in [-0.2, 0) is 16.1 Å². The highest BCUT2D eigenvalue weighted by molar-refractivity contribution is 6.02. The molecule has 0 unspecified atom stereocenters. The van der Waals surface area contributed by atoms with Crippen molar-refractivity contribution in [1.29, 1.82) is 0 Å². The van der Waals surface area contributed by atoms with E-state index in [2.05, 4.69) is 5.32 Å². The van der Waals surface area contributed by atoms with Crippen molar-refractivity contribution < 1.29 is 24.2 Å². The second-order valence-corrected chi connectivity index (χ2v) is 6.25. The number of nitrogens with one attached hydrogen (secondary N) is 1. The number of hydrogen-bond acceptors (Lipinski definition) is 4. The average molecular weight is 336 g/mol. The Hall–Kier alpha value is -2.41. The molecule has 0 fully saturated rings. The fourth-order valence-corrected chi connectivity index (χ4v) is 2.03. The Balaban J connectivity index is 0.000000413. The van der Waals surface area contributed by atoms with Crippen LogP contribution in [0.1, 0.15) is 47.1 Å². The minimum absolute atomic E-state index is 0.0417. The van der Waals surface area contributed by atoms with E-state index in [-0.39, 0.29) is 23.6 Å². The van der Waals surface area contributed by atoms with E-state index in [1.165, 1.54) is 11.0 Å². The van der Waals surface area contributed by atoms with Crippen molar-refractivity contribution in [3.63, 3.8) is 0 Å². The number of fused-ring (bicyclic) bond motifs is 1. The van der Waals surface area contributed by atoms with Crippen LogP contribution in [-0.4, -0.2) is 54.1 Å². The number of hydrogen-bond donors (Lipinski definition) is 2. The predicted octanol–water partition coefficient (Wildman–Crippen LogP) is 1.52. The minimum Gasteiger partial charge on any atom is -0.478 e. The van der Waals surface area contributed by atoms with Crippen LogP contribution < -0.4 is 5.32 Å². The first-order chi connectivity index (χ1) is 11.2. The van der Waals surface area contributed by atoms with Gasteiger partial charge in [-0.1, -0.05) is 6.07 Å². The molecule has 0 aromatic heterocycles. The predicted molar refractivity (Wildman–Crippen MR) is 89.0 cm³/mol. The molecule has 132 valence electrons. The van der Waals surface area contributed by atoms with Gasteiger partial charge in [0.1, 0.15) is 0 Å². The molecular weight excluding hydrogens is 312 g/mol. The summed E-state index contributed by atoms with van der Waals surface area (Å²) in [7, 11) is 1.71. The molecule has 7 nitrogen and oxygen atoms in total. The lowest BCUT2D eigenvalue weighted by molar-refractivity contribution is -0.109. The zero-order valence-electron chi connectivity index (χ0n) is 14.5. The molecule has 0 aliphatic carbocycles. The van der Waals surface area contributed by atoms with E-state index >= 15 is 0 Å². The number of ether oxygens (including phenoxy) is 1. The van der Waals surface area contributed by atoms with Gasteiger partial charge in [0.05, 0.1) is 11.2 Å². The Morgan fingerprint density at radius 1 is 1.42 bits per heavy atom. The number of amides is 2. The molecule has 0 spiro atoms. The van der Waals surface area contributed by atoms with Gasteiger partial charge in [-0.15, -0.1) is 0 Å². The molecule has 24 heavy (non-hydrogen) atoms. The maximum absolute atomic E-state index is 12.0. The van der Waals surface area contributed by atoms with Crippen LogP contribution in [0.15, 0.2) is 18.2 Å². The van der Waals surface area contributed by atoms with Gasteiger partial charge in [-0.3, -0.25) is 9.59 Å². The van der Waals surface area contributed by atoms with Crippen LogP contribution in [0.2, 0.25) is 0 Å². The number of carbonyl (C=O) groups is 3. The third-order valence-electron chi connectivity index (χ3n) is 3.49. The van der Waals surface area contributed by atoms with Gasteiger partial charge >= 0.3 is 5.97 Å². The zero-order valence-corrected chi connectivity index (χ0v) is 14.5. The molecule has 2 N–H and O–H groups in total. The first kappa shape index (κ1) is 19.6. The first-order valence-corrected chi connectivity index (χ1v) is 7.58. The van der Waals surface area contributed by atoms with Crippen molar-refractivity contribution >= 4 is 18.3 Å². The standard InChI is InChI=1S/C12H12N2O4.C5H12O/c15-7-13-4-5-14-6-10-8(11(14)16)2-1-3-9(10)12(17)18;1-5(2,3)6-4/h1-3,7H,4-6H2,(H,13,15)(H,17,18);1-4H3. The number of benzene rings is 1. The Bertz CT molecular complexity index is 607. The van der Waals surface area contributed by atoms with Gasteiger partial charge < -0.3 is 20.1 Å². The summed E-state index contributed by atoms with van der Waals surface area (Å²) in [6, 6.07) is 4.67. The van der Waals surface area contributed by atoms with Crippen LogP contribution in [0.5, 0.6) is 0 Å². The zero-order chi connectivity index (χ0) is 18.3. The normalized spacial score (nSPS) is 13.0. The molecule has 0 atom stereocenters. The van der Waals surface area contributed by atoms with Crippen LogP contribution >= 0.6 is 0 Å². The number of rotatable bonds is 5. The molecule has 1 aromatic carbocycles. The molecule has 0 saturated carbocycles. The number of carboxylic acid groups (broad SMARTS) is 1. The van der Waals surface area contributed by atoms with Crippen LogP contribution in [0, 0.1) is 0 Å². The Kier molecular flexibility index (Phi) is 6.91. The number of nitrogens with zero attached hydrogens (tertiary/aromatic N) is 1. The Labute approximate surface area is 141 Å². The van der Waals surface area contributed by atoms with Crippen molar-refractivity contribution in [3.8, 4) is 0 Å². The van der Waals surface area contributed by atoms with Crippen LogP contribution in [0.3, 0.4) is 0 Å². The first-order valence-electron chi connectivity index (χ1n) is 7.58. The third kappa shape index (κ3) is 5.34. The summed E-state index contributed by atoms with van der Waals surface area (Å²) < 4.78 is 4.94. The highest BCUT2D eigenvalue weighted by Gasteiger charge is 2.30. The summed E-state index contributed by atoms with van der Waals surface area (Å²) in [5.74, 6) is -1.23. The lowest BCUT2D eigenvalue weighted by Crippen LogP contribution is -2.31. The highest BCUT2D eigenvalue weighted by atomic mass is 16.5. The SMILES string of the molecule is COC(C)(C)C.O=CNCCN1Cc2c(C(=O)O)cccc2C1=O. The van der Waals surface area contributed by atoms with Gasteiger partial charge in [-0.25, -0.2) is 4.79 Å². The van der Waals surface area contributed by atoms with Gasteiger partial charge in [-0.05, 0) is 38.5 Å². The molecule has 1 aliphatic heterocycles. The van der Waals surface area contributed by atoms with Gasteiger partial charge in [0.15, 0.2) is 0 Å². The lowest BCUT2D eigenvalue weighted by atomic mass is 10.0. The number of carbonyl (C=O) groups excluding carboxylic acids is 2. The summed E-state index contributed by atoms with van der Waals surface area (Å²) in [6.45, 7) is 7.06. The molecule has 2 rings (SSSR count). The monoisotopic (exact) mass is 336 g/mol. The molecule has 1 aromatic rings. The molecule has 1 aliphatic rings. The summed E-state index contributed by atoms with van der Waals surface area (Å²) >= 11 is 0. The second kappa shape index (κ2) is 8.44. The van der Waals surface area contributed by atoms with Crippen molar-refractivity contribution in [1.82, 2.24) is 10.2 Å². The van der Waals surface area contributed by atoms with E-state index in [4.69, 9.17) is 9.84 Å². The van der Waals surface area contributed by atoms with E-state index in [1.54, 1.807) is 19.2 Å². The average Bonchev–Trinajstić information content (AvgIpc) is 2.84. The molecule has 0 bridgehead atoms. The van der Waals surface area contributed by atoms with E-state index in [1.807, 2.05) is 20.8 Å². The molecule has 1 heterocycles. The summed E-state index contributed by atoms with van der Waals surface area (Å²) in [6.07, 6.45) is 0.566. The van der Waals surface area contributed by atoms with E-state index in [9.17, 15) is 14.4 Å². The third-order valence-corrected chi connectivity index (χ3v) is 3.49. The Morgan fingerprint density at radius 3 is 2.54 bits per heavy atom. The summed E-state index contributed by atoms with van der Waals surface area (Å²) in [4.78, 5) is 34.7. The van der Waals surface area contributed by atoms with Crippen molar-refractivity contribution in [2.24, 2.45) is 0 Å². The summed E-state index contributed by atoms with van der Waals surface area (Å²) in [5, 5.41) is 11.5. The summed E-state index contributed by atoms with van der Waals surface area (Å²) in [5.41, 5.74) is 1.17. The van der Waals surface area contributed by atoms with E-state index < -0.39 is 5.97 Å². The van der Waals surface area contributed by atoms with Gasteiger partial charge in [0.25, 0.3) is 5.91 Å². The fraction of sp³-hybridized carbons (Fsp3) is 0.471. The van der Waals surface area contributed by atoms with Crippen molar-refractivity contribution in [2.75, 3.05) is 20.2 Å². The molecule has 7 heteroatoms. The smallest absolute Gasteiger partial charge is 0.336 e. The maximum atomic E-state index is 12.0. The minimum atomic E-state index is -1.03. The lowest BCUT2D eigenvalue weighted by Gasteiger charge is -2.14. The number of carboxylic acids is 1. The fourth-order valence-electron chi connectivity index (χ4n) is 2.03.